The first-order valence-electron chi connectivity index (χ1n) is 12.0. The highest BCUT2D eigenvalue weighted by molar-refractivity contribution is 4.96. The molecule has 0 aromatic rings. The molecule has 0 aromatic heterocycles. The predicted molar refractivity (Wildman–Crippen MR) is 118 cm³/mol. The highest BCUT2D eigenvalue weighted by atomic mass is 16.2. The summed E-state index contributed by atoms with van der Waals surface area (Å²) >= 11 is 0. The average molecular weight is 380 g/mol. The second-order valence-corrected chi connectivity index (χ2v) is 11.2. The molecule has 0 aromatic carbocycles. The Morgan fingerprint density at radius 3 is 2.37 bits per heavy atom. The van der Waals surface area contributed by atoms with Crippen molar-refractivity contribution in [1.82, 2.24) is 5.32 Å². The van der Waals surface area contributed by atoms with E-state index >= 15 is 0 Å². The lowest BCUT2D eigenvalue weighted by Gasteiger charge is -2.51. The third kappa shape index (κ3) is 5.95. The van der Waals surface area contributed by atoms with Crippen molar-refractivity contribution in [1.29, 1.82) is 0 Å². The Balaban J connectivity index is 1.72. The van der Waals surface area contributed by atoms with E-state index in [-0.39, 0.29) is 0 Å². The second-order valence-electron chi connectivity index (χ2n) is 11.2. The molecule has 0 spiro atoms. The van der Waals surface area contributed by atoms with E-state index in [9.17, 15) is 0 Å². The smallest absolute Gasteiger partial charge is 0.0431 e. The summed E-state index contributed by atoms with van der Waals surface area (Å²) in [5.74, 6) is 5.75. The summed E-state index contributed by atoms with van der Waals surface area (Å²) in [4.78, 5) is 0. The average Bonchev–Trinajstić information content (AvgIpc) is 2.60. The first-order chi connectivity index (χ1) is 12.7. The molecule has 2 aliphatic rings. The van der Waals surface area contributed by atoms with Gasteiger partial charge >= 0.3 is 0 Å². The number of nitrogens with one attached hydrogen (secondary N) is 1. The molecule has 6 atom stereocenters. The lowest BCUT2D eigenvalue weighted by atomic mass is 9.55. The fourth-order valence-electron chi connectivity index (χ4n) is 6.02. The molecule has 27 heavy (non-hydrogen) atoms. The molecule has 2 aliphatic carbocycles. The molecular formula is C25H49NO. The summed E-state index contributed by atoms with van der Waals surface area (Å²) in [5, 5.41) is 13.0. The molecule has 0 heterocycles. The van der Waals surface area contributed by atoms with Crippen molar-refractivity contribution in [3.05, 3.63) is 0 Å². The van der Waals surface area contributed by atoms with Gasteiger partial charge in [0, 0.05) is 12.6 Å². The molecule has 0 radical (unpaired) electrons. The van der Waals surface area contributed by atoms with Crippen molar-refractivity contribution in [3.63, 3.8) is 0 Å². The van der Waals surface area contributed by atoms with Gasteiger partial charge in [0.25, 0.3) is 0 Å². The Hall–Kier alpha value is -0.0800. The minimum atomic E-state index is 0.361. The molecule has 6 unspecified atom stereocenters. The number of aliphatic hydroxyl groups excluding tert-OH is 1. The van der Waals surface area contributed by atoms with Gasteiger partial charge in [-0.2, -0.15) is 0 Å². The van der Waals surface area contributed by atoms with Gasteiger partial charge in [-0.25, -0.2) is 0 Å². The molecule has 0 saturated heterocycles. The van der Waals surface area contributed by atoms with Gasteiger partial charge in [0.2, 0.25) is 0 Å². The fraction of sp³-hybridized carbons (Fsp3) is 1.00. The van der Waals surface area contributed by atoms with Gasteiger partial charge < -0.3 is 10.4 Å². The number of rotatable bonds is 10. The molecule has 2 nitrogen and oxygen atoms in total. The molecule has 160 valence electrons. The van der Waals surface area contributed by atoms with Crippen molar-refractivity contribution in [3.8, 4) is 0 Å². The van der Waals surface area contributed by atoms with E-state index in [1.807, 2.05) is 0 Å². The summed E-state index contributed by atoms with van der Waals surface area (Å²) in [6, 6.07) is 0.772. The van der Waals surface area contributed by atoms with E-state index in [0.717, 1.165) is 53.9 Å². The van der Waals surface area contributed by atoms with Crippen LogP contribution in [0.4, 0.5) is 0 Å². The van der Waals surface area contributed by atoms with Crippen LogP contribution < -0.4 is 5.32 Å². The minimum Gasteiger partial charge on any atom is -0.396 e. The second kappa shape index (κ2) is 10.1. The predicted octanol–water partition coefficient (Wildman–Crippen LogP) is 6.13. The lowest BCUT2D eigenvalue weighted by molar-refractivity contribution is -0.00372. The molecule has 2 N–H and O–H groups in total. The van der Waals surface area contributed by atoms with Gasteiger partial charge in [-0.05, 0) is 98.3 Å². The fourth-order valence-corrected chi connectivity index (χ4v) is 6.02. The van der Waals surface area contributed by atoms with Crippen molar-refractivity contribution >= 4 is 0 Å². The third-order valence-corrected chi connectivity index (χ3v) is 9.12. The van der Waals surface area contributed by atoms with Crippen molar-refractivity contribution < 1.29 is 5.11 Å². The third-order valence-electron chi connectivity index (χ3n) is 9.12. The minimum absolute atomic E-state index is 0.361. The van der Waals surface area contributed by atoms with Gasteiger partial charge in [-0.15, -0.1) is 0 Å². The van der Waals surface area contributed by atoms with Gasteiger partial charge in [0.1, 0.15) is 0 Å². The molecule has 2 rings (SSSR count). The summed E-state index contributed by atoms with van der Waals surface area (Å²) in [5.41, 5.74) is 0.532. The first-order valence-corrected chi connectivity index (χ1v) is 12.0. The Morgan fingerprint density at radius 2 is 1.78 bits per heavy atom. The zero-order chi connectivity index (χ0) is 20.2. The molecule has 2 fully saturated rings. The van der Waals surface area contributed by atoms with Crippen LogP contribution in [0.2, 0.25) is 0 Å². The van der Waals surface area contributed by atoms with Gasteiger partial charge in [-0.3, -0.25) is 0 Å². The van der Waals surface area contributed by atoms with Crippen LogP contribution in [-0.4, -0.2) is 24.3 Å². The zero-order valence-electron chi connectivity index (χ0n) is 19.4. The van der Waals surface area contributed by atoms with E-state index in [2.05, 4.69) is 53.8 Å². The lowest BCUT2D eigenvalue weighted by Crippen LogP contribution is -2.47. The molecule has 0 aliphatic heterocycles. The monoisotopic (exact) mass is 379 g/mol. The number of hydrogen-bond donors (Lipinski definition) is 2. The van der Waals surface area contributed by atoms with Crippen LogP contribution >= 0.6 is 0 Å². The molecule has 2 saturated carbocycles. The van der Waals surface area contributed by atoms with Crippen LogP contribution in [0.25, 0.3) is 0 Å². The maximum absolute atomic E-state index is 9.16. The maximum atomic E-state index is 9.16. The normalized spacial score (nSPS) is 39.2. The largest absolute Gasteiger partial charge is 0.396 e. The van der Waals surface area contributed by atoms with E-state index in [1.54, 1.807) is 0 Å². The van der Waals surface area contributed by atoms with Gasteiger partial charge in [0.05, 0.1) is 0 Å². The molecule has 0 amide bonds. The Labute approximate surface area is 170 Å². The van der Waals surface area contributed by atoms with Crippen LogP contribution in [-0.2, 0) is 0 Å². The van der Waals surface area contributed by atoms with Gasteiger partial charge in [0.15, 0.2) is 0 Å². The summed E-state index contributed by atoms with van der Waals surface area (Å²) < 4.78 is 0. The van der Waals surface area contributed by atoms with Crippen LogP contribution in [0.3, 0.4) is 0 Å². The zero-order valence-corrected chi connectivity index (χ0v) is 19.4. The molecular weight excluding hydrogens is 330 g/mol. The summed E-state index contributed by atoms with van der Waals surface area (Å²) in [6.07, 6.45) is 9.21. The SMILES string of the molecule is CC(C)C(C)C(C)CNC1CC(CC2(C)CCC(CCCO)C(C)C2C)C1. The van der Waals surface area contributed by atoms with Crippen LogP contribution in [0.15, 0.2) is 0 Å². The number of aliphatic hydroxyl groups is 1. The van der Waals surface area contributed by atoms with E-state index < -0.39 is 0 Å². The van der Waals surface area contributed by atoms with Crippen LogP contribution in [0.1, 0.15) is 93.4 Å². The molecule has 2 heteroatoms. The van der Waals surface area contributed by atoms with Crippen LogP contribution in [0, 0.1) is 46.8 Å². The Kier molecular flexibility index (Phi) is 8.68. The summed E-state index contributed by atoms with van der Waals surface area (Å²) in [6.45, 7) is 18.6. The van der Waals surface area contributed by atoms with Crippen molar-refractivity contribution in [2.75, 3.05) is 13.2 Å². The van der Waals surface area contributed by atoms with E-state index in [1.165, 1.54) is 45.1 Å². The van der Waals surface area contributed by atoms with E-state index in [4.69, 9.17) is 5.11 Å². The molecule has 0 bridgehead atoms. The van der Waals surface area contributed by atoms with Crippen LogP contribution in [0.5, 0.6) is 0 Å². The van der Waals surface area contributed by atoms with Crippen molar-refractivity contribution in [2.24, 2.45) is 46.8 Å². The number of hydrogen-bond acceptors (Lipinski definition) is 2. The maximum Gasteiger partial charge on any atom is 0.0431 e. The highest BCUT2D eigenvalue weighted by Gasteiger charge is 2.44. The Bertz CT molecular complexity index is 430. The quantitative estimate of drug-likeness (QED) is 0.478. The summed E-state index contributed by atoms with van der Waals surface area (Å²) in [7, 11) is 0. The standard InChI is InChI=1S/C25H49NO/c1-17(2)19(4)18(3)16-26-24-13-22(14-24)15-25(7)11-10-23(9-8-12-27)20(5)21(25)6/h17-24,26-27H,8-16H2,1-7H3. The topological polar surface area (TPSA) is 32.3 Å². The Morgan fingerprint density at radius 1 is 1.11 bits per heavy atom. The van der Waals surface area contributed by atoms with Crippen molar-refractivity contribution in [2.45, 2.75) is 99.5 Å². The van der Waals surface area contributed by atoms with Gasteiger partial charge in [-0.1, -0.05) is 48.5 Å². The first kappa shape index (κ1) is 23.2. The highest BCUT2D eigenvalue weighted by Crippen LogP contribution is 2.53. The van der Waals surface area contributed by atoms with E-state index in [0.29, 0.717) is 12.0 Å².